The highest BCUT2D eigenvalue weighted by Crippen LogP contribution is 2.36. The Morgan fingerprint density at radius 1 is 0.750 bits per heavy atom. The monoisotopic (exact) mass is 442 g/mol. The molecule has 3 aromatic carbocycles. The molecule has 0 spiro atoms. The molecule has 0 bridgehead atoms. The Bertz CT molecular complexity index is 1230. The maximum atomic E-state index is 14.9. The van der Waals surface area contributed by atoms with Gasteiger partial charge in [-0.15, -0.1) is 0 Å². The minimum atomic E-state index is -2.25. The first-order valence-corrected chi connectivity index (χ1v) is 9.76. The fourth-order valence-electron chi connectivity index (χ4n) is 3.72. The van der Waals surface area contributed by atoms with Gasteiger partial charge < -0.3 is 0 Å². The van der Waals surface area contributed by atoms with Crippen molar-refractivity contribution < 1.29 is 26.3 Å². The first-order chi connectivity index (χ1) is 15.3. The molecule has 1 aliphatic carbocycles. The van der Waals surface area contributed by atoms with Crippen molar-refractivity contribution in [1.29, 1.82) is 0 Å². The zero-order valence-corrected chi connectivity index (χ0v) is 16.6. The van der Waals surface area contributed by atoms with Crippen LogP contribution in [-0.4, -0.2) is 6.17 Å². The van der Waals surface area contributed by atoms with Crippen LogP contribution < -0.4 is 0 Å². The fraction of sp³-hybridized carbons (Fsp3) is 0.0769. The lowest BCUT2D eigenvalue weighted by molar-refractivity contribution is 0.417. The lowest BCUT2D eigenvalue weighted by Gasteiger charge is -2.20. The van der Waals surface area contributed by atoms with E-state index in [0.717, 1.165) is 29.3 Å². The van der Waals surface area contributed by atoms with Gasteiger partial charge in [-0.2, -0.15) is 8.78 Å². The van der Waals surface area contributed by atoms with Gasteiger partial charge in [-0.05, 0) is 46.0 Å². The van der Waals surface area contributed by atoms with Crippen LogP contribution in [0.2, 0.25) is 0 Å². The Labute approximate surface area is 180 Å². The smallest absolute Gasteiger partial charge is 0.242 e. The fourth-order valence-corrected chi connectivity index (χ4v) is 3.72. The second kappa shape index (κ2) is 8.91. The topological polar surface area (TPSA) is 0 Å². The third-order valence-electron chi connectivity index (χ3n) is 5.29. The van der Waals surface area contributed by atoms with Crippen molar-refractivity contribution >= 4 is 17.2 Å². The summed E-state index contributed by atoms with van der Waals surface area (Å²) in [5.41, 5.74) is 1.15. The van der Waals surface area contributed by atoms with Crippen LogP contribution in [0.25, 0.3) is 28.3 Å². The van der Waals surface area contributed by atoms with Crippen LogP contribution in [0.5, 0.6) is 0 Å². The van der Waals surface area contributed by atoms with Crippen LogP contribution >= 0.6 is 0 Å². The number of alkyl halides is 1. The molecule has 0 aliphatic heterocycles. The maximum Gasteiger partial charge on any atom is 0.271 e. The van der Waals surface area contributed by atoms with Crippen molar-refractivity contribution in [2.75, 3.05) is 0 Å². The van der Waals surface area contributed by atoms with Gasteiger partial charge in [0.2, 0.25) is 0 Å². The summed E-state index contributed by atoms with van der Waals surface area (Å²) >= 11 is 0. The molecule has 0 nitrogen and oxygen atoms in total. The third kappa shape index (κ3) is 4.40. The van der Waals surface area contributed by atoms with Gasteiger partial charge in [0.1, 0.15) is 23.6 Å². The first-order valence-electron chi connectivity index (χ1n) is 9.76. The highest BCUT2D eigenvalue weighted by molar-refractivity contribution is 5.81. The van der Waals surface area contributed by atoms with Crippen molar-refractivity contribution in [2.24, 2.45) is 0 Å². The number of rotatable bonds is 4. The van der Waals surface area contributed by atoms with Gasteiger partial charge in [-0.25, -0.2) is 17.6 Å². The quantitative estimate of drug-likeness (QED) is 0.357. The van der Waals surface area contributed by atoms with Crippen molar-refractivity contribution in [3.8, 4) is 11.1 Å². The largest absolute Gasteiger partial charge is 0.271 e. The summed E-state index contributed by atoms with van der Waals surface area (Å²) in [5.74, 6) is -3.30. The molecule has 6 heteroatoms. The number of halogens is 6. The van der Waals surface area contributed by atoms with E-state index in [4.69, 9.17) is 0 Å². The van der Waals surface area contributed by atoms with Crippen LogP contribution in [0.15, 0.2) is 78.9 Å². The van der Waals surface area contributed by atoms with Crippen molar-refractivity contribution in [3.63, 3.8) is 0 Å². The number of benzene rings is 3. The highest BCUT2D eigenvalue weighted by Gasteiger charge is 2.22. The van der Waals surface area contributed by atoms with Crippen LogP contribution in [0.3, 0.4) is 0 Å². The molecule has 162 valence electrons. The van der Waals surface area contributed by atoms with Crippen molar-refractivity contribution in [1.82, 2.24) is 0 Å². The Hall–Kier alpha value is -3.54. The normalized spacial score (nSPS) is 15.8. The van der Waals surface area contributed by atoms with Gasteiger partial charge in [0.15, 0.2) is 0 Å². The van der Waals surface area contributed by atoms with E-state index in [-0.39, 0.29) is 23.6 Å². The van der Waals surface area contributed by atoms with E-state index < -0.39 is 35.3 Å². The van der Waals surface area contributed by atoms with Crippen LogP contribution in [0, 0.1) is 17.5 Å². The molecule has 1 aliphatic rings. The predicted molar refractivity (Wildman–Crippen MR) is 114 cm³/mol. The minimum absolute atomic E-state index is 0.0715. The molecule has 0 N–H and O–H groups in total. The summed E-state index contributed by atoms with van der Waals surface area (Å²) in [6.07, 6.45) is -0.0171. The summed E-state index contributed by atoms with van der Waals surface area (Å²) in [6.45, 7) is 0. The lowest BCUT2D eigenvalue weighted by Crippen LogP contribution is -2.09. The molecule has 3 aromatic rings. The molecule has 0 aromatic heterocycles. The standard InChI is InChI=1S/C26H16F6/c27-22-10-16(15-4-2-1-3-5-15)6-8-19(22)17-7-9-20(23(28)11-17)18-12-24(29)21(14-26(31)32)25(30)13-18/h1-9,11-14,22H,10H2. The average molecular weight is 442 g/mol. The Morgan fingerprint density at radius 2 is 1.41 bits per heavy atom. The predicted octanol–water partition coefficient (Wildman–Crippen LogP) is 8.22. The van der Waals surface area contributed by atoms with Crippen molar-refractivity contribution in [2.45, 2.75) is 12.6 Å². The van der Waals surface area contributed by atoms with E-state index in [1.165, 1.54) is 12.1 Å². The van der Waals surface area contributed by atoms with E-state index in [1.54, 1.807) is 12.2 Å². The Morgan fingerprint density at radius 3 is 2.00 bits per heavy atom. The molecule has 32 heavy (non-hydrogen) atoms. The third-order valence-corrected chi connectivity index (χ3v) is 5.29. The molecule has 0 saturated carbocycles. The van der Waals surface area contributed by atoms with E-state index in [1.807, 2.05) is 30.3 Å². The van der Waals surface area contributed by atoms with Gasteiger partial charge in [0.05, 0.1) is 5.56 Å². The summed E-state index contributed by atoms with van der Waals surface area (Å²) in [4.78, 5) is 0. The second-order valence-corrected chi connectivity index (χ2v) is 7.33. The summed E-state index contributed by atoms with van der Waals surface area (Å²) in [6, 6.07) is 14.8. The molecule has 0 fully saturated rings. The van der Waals surface area contributed by atoms with Gasteiger partial charge in [0.25, 0.3) is 6.08 Å². The first kappa shape index (κ1) is 21.7. The maximum absolute atomic E-state index is 14.9. The number of allylic oxidation sites excluding steroid dienone is 4. The average Bonchev–Trinajstić information content (AvgIpc) is 2.76. The van der Waals surface area contributed by atoms with Crippen LogP contribution in [-0.2, 0) is 0 Å². The zero-order chi connectivity index (χ0) is 22.8. The summed E-state index contributed by atoms with van der Waals surface area (Å²) in [5, 5.41) is 0. The van der Waals surface area contributed by atoms with E-state index in [9.17, 15) is 26.3 Å². The highest BCUT2D eigenvalue weighted by atomic mass is 19.3. The second-order valence-electron chi connectivity index (χ2n) is 7.33. The molecule has 4 rings (SSSR count). The summed E-state index contributed by atoms with van der Waals surface area (Å²) in [7, 11) is 0. The SMILES string of the molecule is FC(F)=Cc1c(F)cc(-c2ccc(C3=CC=C(c4ccccc4)CC3F)cc2F)cc1F. The Balaban J connectivity index is 1.67. The molecular formula is C26H16F6. The van der Waals surface area contributed by atoms with Gasteiger partial charge >= 0.3 is 0 Å². The molecular weight excluding hydrogens is 426 g/mol. The van der Waals surface area contributed by atoms with Crippen LogP contribution in [0.4, 0.5) is 26.3 Å². The van der Waals surface area contributed by atoms with Crippen LogP contribution in [0.1, 0.15) is 23.1 Å². The van der Waals surface area contributed by atoms with E-state index >= 15 is 0 Å². The molecule has 0 heterocycles. The molecule has 0 amide bonds. The summed E-state index contributed by atoms with van der Waals surface area (Å²) < 4.78 is 82.6. The molecule has 0 radical (unpaired) electrons. The molecule has 1 unspecified atom stereocenters. The zero-order valence-electron chi connectivity index (χ0n) is 16.6. The van der Waals surface area contributed by atoms with E-state index in [2.05, 4.69) is 0 Å². The van der Waals surface area contributed by atoms with Crippen molar-refractivity contribution in [3.05, 3.63) is 113 Å². The minimum Gasteiger partial charge on any atom is -0.242 e. The number of hydrogen-bond acceptors (Lipinski definition) is 0. The molecule has 0 saturated heterocycles. The van der Waals surface area contributed by atoms with E-state index in [0.29, 0.717) is 11.1 Å². The van der Waals surface area contributed by atoms with Gasteiger partial charge in [-0.1, -0.05) is 54.6 Å². The Kier molecular flexibility index (Phi) is 6.04. The van der Waals surface area contributed by atoms with Gasteiger partial charge in [-0.3, -0.25) is 0 Å². The van der Waals surface area contributed by atoms with Gasteiger partial charge in [0, 0.05) is 18.1 Å². The lowest BCUT2D eigenvalue weighted by atomic mass is 9.88. The number of hydrogen-bond donors (Lipinski definition) is 0. The molecule has 1 atom stereocenters.